The summed E-state index contributed by atoms with van der Waals surface area (Å²) >= 11 is 0. The summed E-state index contributed by atoms with van der Waals surface area (Å²) in [6, 6.07) is 2.76. The van der Waals surface area contributed by atoms with Gasteiger partial charge in [-0.3, -0.25) is 19.2 Å². The number of Topliss-reactive ketones (excluding diaryl/α,β-unsaturated/α-hetero) is 4. The van der Waals surface area contributed by atoms with E-state index in [0.717, 1.165) is 0 Å². The second-order valence-corrected chi connectivity index (χ2v) is 17.8. The molecule has 1 aromatic carbocycles. The van der Waals surface area contributed by atoms with Gasteiger partial charge in [0.1, 0.15) is 23.6 Å². The van der Waals surface area contributed by atoms with Crippen molar-refractivity contribution < 1.29 is 83.0 Å². The van der Waals surface area contributed by atoms with Crippen molar-refractivity contribution in [2.45, 2.75) is 183 Å². The first-order valence-corrected chi connectivity index (χ1v) is 20.8. The number of ketones is 4. The number of fused-ring (bicyclic) bond motifs is 3. The fourth-order valence-corrected chi connectivity index (χ4v) is 9.95. The Bertz CT molecular complexity index is 1990. The number of aliphatic hydroxyl groups is 5. The van der Waals surface area contributed by atoms with Crippen molar-refractivity contribution in [3.63, 3.8) is 0 Å². The highest BCUT2D eigenvalue weighted by molar-refractivity contribution is 6.32. The summed E-state index contributed by atoms with van der Waals surface area (Å²) in [5.74, 6) is -3.41. The van der Waals surface area contributed by atoms with Gasteiger partial charge in [-0.05, 0) is 59.6 Å². The minimum absolute atomic E-state index is 0.0210. The molecule has 0 radical (unpaired) electrons. The Labute approximate surface area is 346 Å². The fourth-order valence-electron chi connectivity index (χ4n) is 9.95. The van der Waals surface area contributed by atoms with E-state index >= 15 is 0 Å². The molecule has 0 aromatic heterocycles. The van der Waals surface area contributed by atoms with Crippen molar-refractivity contribution in [3.05, 3.63) is 52.1 Å². The fraction of sp³-hybridized carbons (Fsp3) is 0.674. The van der Waals surface area contributed by atoms with Gasteiger partial charge in [-0.2, -0.15) is 0 Å². The first-order chi connectivity index (χ1) is 28.2. The quantitative estimate of drug-likeness (QED) is 0.228. The summed E-state index contributed by atoms with van der Waals surface area (Å²) in [6.07, 6.45) is -8.21. The number of ether oxygens (including phenoxy) is 7. The maximum atomic E-state index is 14.7. The van der Waals surface area contributed by atoms with Gasteiger partial charge < -0.3 is 63.8 Å². The van der Waals surface area contributed by atoms with Crippen molar-refractivity contribution in [2.75, 3.05) is 0 Å². The minimum atomic E-state index is -2.47. The zero-order valence-corrected chi connectivity index (χ0v) is 34.1. The highest BCUT2D eigenvalue weighted by Gasteiger charge is 2.69. The summed E-state index contributed by atoms with van der Waals surface area (Å²) in [7, 11) is 0. The van der Waals surface area contributed by atoms with E-state index in [9.17, 15) is 49.8 Å². The molecule has 0 spiro atoms. The molecule has 17 heteroatoms. The van der Waals surface area contributed by atoms with Crippen molar-refractivity contribution in [2.24, 2.45) is 0 Å². The van der Waals surface area contributed by atoms with Gasteiger partial charge in [0.2, 0.25) is 0 Å². The Morgan fingerprint density at radius 3 is 2.15 bits per heavy atom. The summed E-state index contributed by atoms with van der Waals surface area (Å²) in [5, 5.41) is 66.5. The molecule has 4 saturated heterocycles. The average Bonchev–Trinajstić information content (AvgIpc) is 3.17. The number of hydrogen-bond donors (Lipinski definition) is 6. The van der Waals surface area contributed by atoms with Crippen LogP contribution in [0.5, 0.6) is 5.75 Å². The molecule has 60 heavy (non-hydrogen) atoms. The standard InChI is InChI=1S/C43H54O17/c1-18-25(44)8-10-32(55-18)60-43-30(46)16-41(5,52)17-42(43,53)13-12-24-35(43)40(51)23-7-6-22(38(49)34(23)39(24)50)28-15-29(37(48)21(4)54-28)59-31-11-9-27(19(2)56-31)58-33-14-26(45)36(47)20(3)57-33/h6-7,12-13,18-21,25,27-29,31-33,36-37,44,47-49,52-53H,8-11,14-17H2,1-5H3. The van der Waals surface area contributed by atoms with E-state index in [1.807, 2.05) is 0 Å². The molecule has 4 aliphatic heterocycles. The van der Waals surface area contributed by atoms with Crippen LogP contribution in [-0.4, -0.2) is 144 Å². The zero-order valence-electron chi connectivity index (χ0n) is 34.1. The van der Waals surface area contributed by atoms with Gasteiger partial charge in [-0.15, -0.1) is 0 Å². The van der Waals surface area contributed by atoms with Crippen LogP contribution in [0.4, 0.5) is 0 Å². The molecule has 16 atom stereocenters. The van der Waals surface area contributed by atoms with E-state index in [4.69, 9.17) is 33.2 Å². The van der Waals surface area contributed by atoms with Gasteiger partial charge in [-0.1, -0.05) is 12.1 Å². The maximum absolute atomic E-state index is 14.7. The highest BCUT2D eigenvalue weighted by atomic mass is 16.7. The minimum Gasteiger partial charge on any atom is -0.507 e. The van der Waals surface area contributed by atoms with E-state index in [1.165, 1.54) is 31.2 Å². The van der Waals surface area contributed by atoms with Gasteiger partial charge in [-0.25, -0.2) is 0 Å². The van der Waals surface area contributed by atoms with Gasteiger partial charge in [0, 0.05) is 48.8 Å². The molecular formula is C43H54O17. The molecule has 1 aromatic rings. The Hall–Kier alpha value is -3.30. The molecular weight excluding hydrogens is 788 g/mol. The molecule has 328 valence electrons. The van der Waals surface area contributed by atoms with E-state index in [1.54, 1.807) is 27.7 Å². The Kier molecular flexibility index (Phi) is 11.4. The summed E-state index contributed by atoms with van der Waals surface area (Å²) < 4.78 is 42.5. The van der Waals surface area contributed by atoms with E-state index in [0.29, 0.717) is 12.8 Å². The van der Waals surface area contributed by atoms with Crippen LogP contribution in [0.1, 0.15) is 118 Å². The van der Waals surface area contributed by atoms with Crippen LogP contribution in [0.3, 0.4) is 0 Å². The van der Waals surface area contributed by atoms with Gasteiger partial charge in [0.15, 0.2) is 47.6 Å². The van der Waals surface area contributed by atoms with Gasteiger partial charge in [0.05, 0.1) is 72.0 Å². The molecule has 3 aliphatic carbocycles. The number of rotatable bonds is 7. The predicted molar refractivity (Wildman–Crippen MR) is 203 cm³/mol. The topological polar surface area (TPSA) is 254 Å². The van der Waals surface area contributed by atoms with Crippen molar-refractivity contribution >= 4 is 23.1 Å². The van der Waals surface area contributed by atoms with E-state index < -0.39 is 138 Å². The van der Waals surface area contributed by atoms with Crippen LogP contribution in [0, 0.1) is 0 Å². The number of hydrogen-bond acceptors (Lipinski definition) is 17. The SMILES string of the molecule is CC1OC(OC23C(=O)CC(C)(O)CC2(O)C=CC2=C3C(=O)c3ccc(C4CC(OC5CCC(OC6CC(=O)C(O)C(C)O6)C(C)O5)C(O)C(C)O4)c(O)c3C2=O)CCC1O. The number of phenols is 1. The Morgan fingerprint density at radius 1 is 0.767 bits per heavy atom. The maximum Gasteiger partial charge on any atom is 0.198 e. The third-order valence-electron chi connectivity index (χ3n) is 13.2. The van der Waals surface area contributed by atoms with Crippen molar-refractivity contribution in [1.29, 1.82) is 0 Å². The lowest BCUT2D eigenvalue weighted by atomic mass is 9.57. The van der Waals surface area contributed by atoms with Crippen LogP contribution in [0.2, 0.25) is 0 Å². The summed E-state index contributed by atoms with van der Waals surface area (Å²) in [6.45, 7) is 8.02. The van der Waals surface area contributed by atoms with Crippen LogP contribution in [-0.2, 0) is 42.7 Å². The monoisotopic (exact) mass is 842 g/mol. The Balaban J connectivity index is 1.03. The number of benzene rings is 1. The second kappa shape index (κ2) is 15.8. The predicted octanol–water partition coefficient (Wildman–Crippen LogP) is 1.70. The second-order valence-electron chi connectivity index (χ2n) is 17.8. The summed E-state index contributed by atoms with van der Waals surface area (Å²) in [5.41, 5.74) is -7.59. The number of carbonyl (C=O) groups is 4. The highest BCUT2D eigenvalue weighted by Crippen LogP contribution is 2.54. The largest absolute Gasteiger partial charge is 0.507 e. The normalized spacial score (nSPS) is 44.7. The lowest BCUT2D eigenvalue weighted by molar-refractivity contribution is -0.296. The third-order valence-corrected chi connectivity index (χ3v) is 13.2. The van der Waals surface area contributed by atoms with Crippen LogP contribution >= 0.6 is 0 Å². The van der Waals surface area contributed by atoms with Gasteiger partial charge >= 0.3 is 0 Å². The number of aliphatic hydroxyl groups excluding tert-OH is 3. The Morgan fingerprint density at radius 2 is 1.45 bits per heavy atom. The molecule has 8 rings (SSSR count). The molecule has 0 amide bonds. The van der Waals surface area contributed by atoms with Crippen LogP contribution in [0.15, 0.2) is 35.4 Å². The average molecular weight is 843 g/mol. The molecule has 7 aliphatic rings. The zero-order chi connectivity index (χ0) is 43.2. The summed E-state index contributed by atoms with van der Waals surface area (Å²) in [4.78, 5) is 55.7. The van der Waals surface area contributed by atoms with Crippen LogP contribution < -0.4 is 0 Å². The van der Waals surface area contributed by atoms with E-state index in [-0.39, 0.29) is 53.7 Å². The molecule has 0 bridgehead atoms. The lowest BCUT2D eigenvalue weighted by Gasteiger charge is -2.55. The lowest BCUT2D eigenvalue weighted by Crippen LogP contribution is -2.71. The number of carbonyl (C=O) groups excluding carboxylic acids is 4. The first kappa shape index (κ1) is 43.4. The number of aromatic hydroxyl groups is 1. The van der Waals surface area contributed by atoms with Crippen molar-refractivity contribution in [3.8, 4) is 5.75 Å². The van der Waals surface area contributed by atoms with Crippen LogP contribution in [0.25, 0.3) is 0 Å². The van der Waals surface area contributed by atoms with E-state index in [2.05, 4.69) is 0 Å². The van der Waals surface area contributed by atoms with Gasteiger partial charge in [0.25, 0.3) is 0 Å². The third kappa shape index (κ3) is 7.33. The number of phenolic OH excluding ortho intramolecular Hbond substituents is 1. The van der Waals surface area contributed by atoms with Crippen molar-refractivity contribution in [1.82, 2.24) is 0 Å². The molecule has 16 unspecified atom stereocenters. The first-order valence-electron chi connectivity index (χ1n) is 20.8. The smallest absolute Gasteiger partial charge is 0.198 e. The molecule has 6 N–H and O–H groups in total. The number of allylic oxidation sites excluding steroid dienone is 2. The molecule has 5 fully saturated rings. The molecule has 4 heterocycles. The molecule has 1 saturated carbocycles. The molecule has 17 nitrogen and oxygen atoms in total.